The number of para-hydroxylation sites is 2. The number of hydrogen-bond donors (Lipinski definition) is 7. The molecule has 11 nitrogen and oxygen atoms in total. The number of nitrogens with one attached hydrogen (secondary N) is 4. The summed E-state index contributed by atoms with van der Waals surface area (Å²) in [7, 11) is 0. The molecule has 2 rings (SSSR count). The topological polar surface area (TPSA) is 189 Å². The van der Waals surface area contributed by atoms with Gasteiger partial charge in [0.15, 0.2) is 0 Å². The van der Waals surface area contributed by atoms with Crippen molar-refractivity contribution in [3.05, 3.63) is 58.1 Å². The largest absolute Gasteiger partial charge is 0.389 e. The van der Waals surface area contributed by atoms with Gasteiger partial charge >= 0.3 is 0 Å². The van der Waals surface area contributed by atoms with Gasteiger partial charge in [0.2, 0.25) is 23.6 Å². The molecule has 0 spiro atoms. The third-order valence-electron chi connectivity index (χ3n) is 5.43. The molecule has 38 heavy (non-hydrogen) atoms. The summed E-state index contributed by atoms with van der Waals surface area (Å²) in [5.74, 6) is -2.08. The first-order chi connectivity index (χ1) is 18.0. The zero-order chi connectivity index (χ0) is 28.2. The van der Waals surface area contributed by atoms with Gasteiger partial charge < -0.3 is 37.8 Å². The number of benzene rings is 2. The standard InChI is InChI=1S/C25H32Cl2N6O5/c1-14(32-25(38)19(28)9-10-21(29)35)24(37)31-13-16(34)12-30-22(36)11-15-5-2-3-8-20(15)33-23-17(26)6-4-7-18(23)27/h2-8,14,16,19,33-34H,9-13,28H2,1H3,(H2,29,35)(H,30,36)(H,31,37)(H,32,38)/t14-,16?,19-/m0/s1. The molecule has 0 heterocycles. The Balaban J connectivity index is 1.79. The number of rotatable bonds is 14. The molecule has 0 radical (unpaired) electrons. The minimum atomic E-state index is -1.07. The second-order valence-corrected chi connectivity index (χ2v) is 9.41. The number of primary amides is 1. The average molecular weight is 567 g/mol. The third-order valence-corrected chi connectivity index (χ3v) is 6.06. The van der Waals surface area contributed by atoms with Crippen LogP contribution in [0.3, 0.4) is 0 Å². The molecule has 13 heteroatoms. The van der Waals surface area contributed by atoms with Gasteiger partial charge in [0, 0.05) is 25.2 Å². The predicted molar refractivity (Wildman–Crippen MR) is 146 cm³/mol. The Labute approximate surface area is 230 Å². The minimum absolute atomic E-state index is 0.0173. The van der Waals surface area contributed by atoms with E-state index in [9.17, 15) is 24.3 Å². The second kappa shape index (κ2) is 15.1. The molecule has 0 saturated carbocycles. The summed E-state index contributed by atoms with van der Waals surface area (Å²) < 4.78 is 0. The van der Waals surface area contributed by atoms with E-state index in [1.165, 1.54) is 6.92 Å². The van der Waals surface area contributed by atoms with Gasteiger partial charge in [-0.15, -0.1) is 0 Å². The van der Waals surface area contributed by atoms with Crippen LogP contribution in [0, 0.1) is 0 Å². The van der Waals surface area contributed by atoms with Crippen molar-refractivity contribution in [2.24, 2.45) is 11.5 Å². The van der Waals surface area contributed by atoms with Crippen LogP contribution in [0.5, 0.6) is 0 Å². The van der Waals surface area contributed by atoms with Gasteiger partial charge in [0.1, 0.15) is 6.04 Å². The maximum Gasteiger partial charge on any atom is 0.242 e. The zero-order valence-corrected chi connectivity index (χ0v) is 22.3. The van der Waals surface area contributed by atoms with Crippen molar-refractivity contribution >= 4 is 58.2 Å². The molecular formula is C25H32Cl2N6O5. The highest BCUT2D eigenvalue weighted by Gasteiger charge is 2.21. The fraction of sp³-hybridized carbons (Fsp3) is 0.360. The molecular weight excluding hydrogens is 535 g/mol. The number of carbonyl (C=O) groups excluding carboxylic acids is 4. The van der Waals surface area contributed by atoms with Crippen LogP contribution in [-0.2, 0) is 25.6 Å². The molecule has 4 amide bonds. The van der Waals surface area contributed by atoms with Crippen LogP contribution < -0.4 is 32.7 Å². The van der Waals surface area contributed by atoms with Crippen molar-refractivity contribution in [1.82, 2.24) is 16.0 Å². The molecule has 0 saturated heterocycles. The Bertz CT molecular complexity index is 1130. The van der Waals surface area contributed by atoms with Gasteiger partial charge in [0.05, 0.1) is 34.3 Å². The molecule has 9 N–H and O–H groups in total. The van der Waals surface area contributed by atoms with Crippen LogP contribution >= 0.6 is 23.2 Å². The maximum absolute atomic E-state index is 12.5. The van der Waals surface area contributed by atoms with Crippen LogP contribution in [0.15, 0.2) is 42.5 Å². The molecule has 206 valence electrons. The summed E-state index contributed by atoms with van der Waals surface area (Å²) in [6.07, 6.45) is -1.05. The van der Waals surface area contributed by atoms with Crippen molar-refractivity contribution in [2.75, 3.05) is 18.4 Å². The number of carbonyl (C=O) groups is 4. The molecule has 0 aliphatic carbocycles. The van der Waals surface area contributed by atoms with E-state index in [0.29, 0.717) is 27.0 Å². The van der Waals surface area contributed by atoms with Crippen molar-refractivity contribution < 1.29 is 24.3 Å². The molecule has 0 aliphatic rings. The second-order valence-electron chi connectivity index (χ2n) is 8.60. The minimum Gasteiger partial charge on any atom is -0.389 e. The van der Waals surface area contributed by atoms with E-state index >= 15 is 0 Å². The number of aliphatic hydroxyl groups excluding tert-OH is 1. The monoisotopic (exact) mass is 566 g/mol. The normalized spacial score (nSPS) is 13.1. The number of halogens is 2. The predicted octanol–water partition coefficient (Wildman–Crippen LogP) is 0.970. The summed E-state index contributed by atoms with van der Waals surface area (Å²) >= 11 is 12.5. The smallest absolute Gasteiger partial charge is 0.242 e. The summed E-state index contributed by atoms with van der Waals surface area (Å²) in [6.45, 7) is 1.18. The lowest BCUT2D eigenvalue weighted by molar-refractivity contribution is -0.129. The van der Waals surface area contributed by atoms with Gasteiger partial charge in [-0.05, 0) is 37.1 Å². The fourth-order valence-electron chi connectivity index (χ4n) is 3.27. The van der Waals surface area contributed by atoms with E-state index < -0.39 is 35.9 Å². The van der Waals surface area contributed by atoms with Crippen molar-refractivity contribution in [3.63, 3.8) is 0 Å². The lowest BCUT2D eigenvalue weighted by Crippen LogP contribution is -2.51. The fourth-order valence-corrected chi connectivity index (χ4v) is 3.77. The Morgan fingerprint density at radius 3 is 2.24 bits per heavy atom. The van der Waals surface area contributed by atoms with Gasteiger partial charge in [-0.2, -0.15) is 0 Å². The van der Waals surface area contributed by atoms with E-state index in [1.807, 2.05) is 0 Å². The molecule has 2 aromatic rings. The Hall–Kier alpha value is -3.38. The number of hydrogen-bond acceptors (Lipinski definition) is 7. The molecule has 0 aromatic heterocycles. The van der Waals surface area contributed by atoms with Gasteiger partial charge in [0.25, 0.3) is 0 Å². The molecule has 3 atom stereocenters. The maximum atomic E-state index is 12.5. The van der Waals surface area contributed by atoms with Crippen molar-refractivity contribution in [3.8, 4) is 0 Å². The van der Waals surface area contributed by atoms with E-state index in [-0.39, 0.29) is 38.3 Å². The number of aliphatic hydroxyl groups is 1. The highest BCUT2D eigenvalue weighted by Crippen LogP contribution is 2.33. The van der Waals surface area contributed by atoms with E-state index in [1.54, 1.807) is 42.5 Å². The molecule has 0 fully saturated rings. The lowest BCUT2D eigenvalue weighted by atomic mass is 10.1. The summed E-state index contributed by atoms with van der Waals surface area (Å²) in [4.78, 5) is 47.5. The Kier molecular flexibility index (Phi) is 12.3. The third kappa shape index (κ3) is 10.2. The first kappa shape index (κ1) is 30.8. The Morgan fingerprint density at radius 2 is 1.58 bits per heavy atom. The van der Waals surface area contributed by atoms with Crippen molar-refractivity contribution in [2.45, 2.75) is 44.4 Å². The summed E-state index contributed by atoms with van der Waals surface area (Å²) in [6, 6.07) is 10.4. The molecule has 0 bridgehead atoms. The van der Waals surface area contributed by atoms with Gasteiger partial charge in [-0.3, -0.25) is 19.2 Å². The zero-order valence-electron chi connectivity index (χ0n) is 20.8. The van der Waals surface area contributed by atoms with Crippen molar-refractivity contribution in [1.29, 1.82) is 0 Å². The van der Waals surface area contributed by atoms with Crippen LogP contribution in [0.25, 0.3) is 0 Å². The number of nitrogens with two attached hydrogens (primary N) is 2. The molecule has 1 unspecified atom stereocenters. The Morgan fingerprint density at radius 1 is 0.947 bits per heavy atom. The van der Waals surface area contributed by atoms with E-state index in [4.69, 9.17) is 34.7 Å². The molecule has 0 aliphatic heterocycles. The molecule has 2 aromatic carbocycles. The van der Waals surface area contributed by atoms with Crippen LogP contribution in [0.4, 0.5) is 11.4 Å². The highest BCUT2D eigenvalue weighted by molar-refractivity contribution is 6.39. The number of amides is 4. The summed E-state index contributed by atoms with van der Waals surface area (Å²) in [5, 5.41) is 21.7. The van der Waals surface area contributed by atoms with Gasteiger partial charge in [-0.1, -0.05) is 47.5 Å². The average Bonchev–Trinajstić information content (AvgIpc) is 2.87. The van der Waals surface area contributed by atoms with Crippen LogP contribution in [0.2, 0.25) is 10.0 Å². The van der Waals surface area contributed by atoms with Crippen LogP contribution in [-0.4, -0.2) is 60.0 Å². The quantitative estimate of drug-likeness (QED) is 0.177. The SMILES string of the molecule is C[C@H](NC(=O)[C@@H](N)CCC(N)=O)C(=O)NCC(O)CNC(=O)Cc1ccccc1Nc1c(Cl)cccc1Cl. The lowest BCUT2D eigenvalue weighted by Gasteiger charge is -2.19. The first-order valence-electron chi connectivity index (χ1n) is 11.8. The van der Waals surface area contributed by atoms with E-state index in [2.05, 4.69) is 21.3 Å². The summed E-state index contributed by atoms with van der Waals surface area (Å²) in [5.41, 5.74) is 12.6. The first-order valence-corrected chi connectivity index (χ1v) is 12.6. The van der Waals surface area contributed by atoms with Crippen LogP contribution in [0.1, 0.15) is 25.3 Å². The number of anilines is 2. The van der Waals surface area contributed by atoms with Gasteiger partial charge in [-0.25, -0.2) is 0 Å². The highest BCUT2D eigenvalue weighted by atomic mass is 35.5. The van der Waals surface area contributed by atoms with E-state index in [0.717, 1.165) is 0 Å².